The normalized spacial score (nSPS) is 16.9. The molecule has 1 aliphatic carbocycles. The van der Waals surface area contributed by atoms with E-state index < -0.39 is 0 Å². The van der Waals surface area contributed by atoms with E-state index in [1.807, 2.05) is 19.1 Å². The lowest BCUT2D eigenvalue weighted by Gasteiger charge is -2.13. The quantitative estimate of drug-likeness (QED) is 0.847. The summed E-state index contributed by atoms with van der Waals surface area (Å²) in [5.74, 6) is 0.663. The Hall–Kier alpha value is -0.800. The maximum absolute atomic E-state index is 6.11. The largest absolute Gasteiger partial charge is 0.475 e. The maximum atomic E-state index is 6.11. The molecule has 3 nitrogen and oxygen atoms in total. The molecule has 1 aromatic heterocycles. The second-order valence-corrected chi connectivity index (χ2v) is 4.98. The van der Waals surface area contributed by atoms with Gasteiger partial charge in [0.25, 0.3) is 0 Å². The SMILES string of the molecule is CCC(C)Oc1ccc(Cl)c(CNC2CC2)n1. The van der Waals surface area contributed by atoms with E-state index in [2.05, 4.69) is 17.2 Å². The summed E-state index contributed by atoms with van der Waals surface area (Å²) in [4.78, 5) is 4.44. The van der Waals surface area contributed by atoms with Crippen LogP contribution in [0.3, 0.4) is 0 Å². The van der Waals surface area contributed by atoms with Crippen LogP contribution in [0.15, 0.2) is 12.1 Å². The fourth-order valence-corrected chi connectivity index (χ4v) is 1.64. The number of nitrogens with zero attached hydrogens (tertiary/aromatic N) is 1. The molecular formula is C13H19ClN2O. The molecule has 0 radical (unpaired) electrons. The number of hydrogen-bond donors (Lipinski definition) is 1. The summed E-state index contributed by atoms with van der Waals surface area (Å²) in [6, 6.07) is 4.35. The van der Waals surface area contributed by atoms with Crippen molar-refractivity contribution in [2.24, 2.45) is 0 Å². The molecule has 0 aromatic carbocycles. The van der Waals surface area contributed by atoms with E-state index in [1.54, 1.807) is 0 Å². The first-order chi connectivity index (χ1) is 8.19. The van der Waals surface area contributed by atoms with Crippen LogP contribution in [0.2, 0.25) is 5.02 Å². The van der Waals surface area contributed by atoms with Crippen LogP contribution in [-0.4, -0.2) is 17.1 Å². The van der Waals surface area contributed by atoms with Crippen molar-refractivity contribution in [2.45, 2.75) is 51.8 Å². The molecule has 17 heavy (non-hydrogen) atoms. The van der Waals surface area contributed by atoms with Gasteiger partial charge < -0.3 is 10.1 Å². The molecule has 1 saturated carbocycles. The van der Waals surface area contributed by atoms with E-state index in [1.165, 1.54) is 12.8 Å². The average Bonchev–Trinajstić information content (AvgIpc) is 3.13. The zero-order valence-electron chi connectivity index (χ0n) is 10.4. The van der Waals surface area contributed by atoms with Gasteiger partial charge in [0.05, 0.1) is 16.8 Å². The number of rotatable bonds is 6. The summed E-state index contributed by atoms with van der Waals surface area (Å²) in [7, 11) is 0. The summed E-state index contributed by atoms with van der Waals surface area (Å²) < 4.78 is 5.68. The van der Waals surface area contributed by atoms with Crippen molar-refractivity contribution in [3.63, 3.8) is 0 Å². The minimum atomic E-state index is 0.188. The van der Waals surface area contributed by atoms with Gasteiger partial charge >= 0.3 is 0 Å². The summed E-state index contributed by atoms with van der Waals surface area (Å²) >= 11 is 6.11. The zero-order chi connectivity index (χ0) is 12.3. The lowest BCUT2D eigenvalue weighted by Crippen LogP contribution is -2.17. The summed E-state index contributed by atoms with van der Waals surface area (Å²) in [6.07, 6.45) is 3.69. The Morgan fingerprint density at radius 2 is 2.29 bits per heavy atom. The Balaban J connectivity index is 1.99. The Labute approximate surface area is 108 Å². The second kappa shape index (κ2) is 5.69. The van der Waals surface area contributed by atoms with Gasteiger partial charge in [-0.15, -0.1) is 0 Å². The molecular weight excluding hydrogens is 236 g/mol. The minimum Gasteiger partial charge on any atom is -0.475 e. The molecule has 0 saturated heterocycles. The molecule has 94 valence electrons. The number of ether oxygens (including phenoxy) is 1. The fourth-order valence-electron chi connectivity index (χ4n) is 1.47. The molecule has 2 rings (SSSR count). The van der Waals surface area contributed by atoms with E-state index in [9.17, 15) is 0 Å². The van der Waals surface area contributed by atoms with Crippen molar-refractivity contribution in [1.82, 2.24) is 10.3 Å². The Morgan fingerprint density at radius 1 is 1.53 bits per heavy atom. The van der Waals surface area contributed by atoms with Crippen molar-refractivity contribution in [2.75, 3.05) is 0 Å². The highest BCUT2D eigenvalue weighted by molar-refractivity contribution is 6.31. The third kappa shape index (κ3) is 3.86. The van der Waals surface area contributed by atoms with E-state index in [0.717, 1.165) is 18.7 Å². The van der Waals surface area contributed by atoms with Crippen LogP contribution in [0, 0.1) is 0 Å². The van der Waals surface area contributed by atoms with Gasteiger partial charge in [-0.1, -0.05) is 18.5 Å². The van der Waals surface area contributed by atoms with Crippen LogP contribution in [-0.2, 0) is 6.54 Å². The smallest absolute Gasteiger partial charge is 0.213 e. The van der Waals surface area contributed by atoms with Crippen LogP contribution < -0.4 is 10.1 Å². The van der Waals surface area contributed by atoms with Crippen LogP contribution in [0.25, 0.3) is 0 Å². The molecule has 0 spiro atoms. The number of hydrogen-bond acceptors (Lipinski definition) is 3. The molecule has 1 aromatic rings. The number of pyridine rings is 1. The fraction of sp³-hybridized carbons (Fsp3) is 0.615. The molecule has 1 N–H and O–H groups in total. The van der Waals surface area contributed by atoms with Crippen molar-refractivity contribution in [3.05, 3.63) is 22.8 Å². The van der Waals surface area contributed by atoms with Gasteiger partial charge in [-0.05, 0) is 32.3 Å². The molecule has 1 aliphatic rings. The van der Waals surface area contributed by atoms with Crippen molar-refractivity contribution < 1.29 is 4.74 Å². The van der Waals surface area contributed by atoms with Gasteiger partial charge in [0.1, 0.15) is 0 Å². The van der Waals surface area contributed by atoms with Gasteiger partial charge in [-0.2, -0.15) is 0 Å². The highest BCUT2D eigenvalue weighted by Crippen LogP contribution is 2.22. The summed E-state index contributed by atoms with van der Waals surface area (Å²) in [5, 5.41) is 4.11. The first-order valence-corrected chi connectivity index (χ1v) is 6.62. The van der Waals surface area contributed by atoms with E-state index >= 15 is 0 Å². The topological polar surface area (TPSA) is 34.1 Å². The molecule has 1 fully saturated rings. The molecule has 1 atom stereocenters. The monoisotopic (exact) mass is 254 g/mol. The summed E-state index contributed by atoms with van der Waals surface area (Å²) in [6.45, 7) is 4.86. The lowest BCUT2D eigenvalue weighted by atomic mass is 10.3. The van der Waals surface area contributed by atoms with E-state index in [-0.39, 0.29) is 6.10 Å². The maximum Gasteiger partial charge on any atom is 0.213 e. The number of nitrogens with one attached hydrogen (secondary N) is 1. The molecule has 0 amide bonds. The molecule has 1 unspecified atom stereocenters. The van der Waals surface area contributed by atoms with Crippen LogP contribution in [0.5, 0.6) is 5.88 Å². The minimum absolute atomic E-state index is 0.188. The second-order valence-electron chi connectivity index (χ2n) is 4.57. The highest BCUT2D eigenvalue weighted by atomic mass is 35.5. The predicted octanol–water partition coefficient (Wildman–Crippen LogP) is 3.16. The highest BCUT2D eigenvalue weighted by Gasteiger charge is 2.20. The van der Waals surface area contributed by atoms with Crippen molar-refractivity contribution in [3.8, 4) is 5.88 Å². The van der Waals surface area contributed by atoms with E-state index in [4.69, 9.17) is 16.3 Å². The van der Waals surface area contributed by atoms with Gasteiger partial charge in [0, 0.05) is 18.7 Å². The van der Waals surface area contributed by atoms with E-state index in [0.29, 0.717) is 16.9 Å². The Bertz CT molecular complexity index is 380. The standard InChI is InChI=1S/C13H19ClN2O/c1-3-9(2)17-13-7-6-11(14)12(16-13)8-15-10-4-5-10/h6-7,9-10,15H,3-5,8H2,1-2H3. The van der Waals surface area contributed by atoms with Gasteiger partial charge in [-0.3, -0.25) is 0 Å². The van der Waals surface area contributed by atoms with Crippen molar-refractivity contribution >= 4 is 11.6 Å². The third-order valence-electron chi connectivity index (χ3n) is 2.93. The average molecular weight is 255 g/mol. The first-order valence-electron chi connectivity index (χ1n) is 6.24. The lowest BCUT2D eigenvalue weighted by molar-refractivity contribution is 0.208. The van der Waals surface area contributed by atoms with Gasteiger partial charge in [0.2, 0.25) is 5.88 Å². The van der Waals surface area contributed by atoms with Crippen LogP contribution in [0.4, 0.5) is 0 Å². The first kappa shape index (κ1) is 12.7. The predicted molar refractivity (Wildman–Crippen MR) is 69.5 cm³/mol. The summed E-state index contributed by atoms with van der Waals surface area (Å²) in [5.41, 5.74) is 0.874. The third-order valence-corrected chi connectivity index (χ3v) is 3.27. The van der Waals surface area contributed by atoms with Crippen molar-refractivity contribution in [1.29, 1.82) is 0 Å². The van der Waals surface area contributed by atoms with Crippen LogP contribution in [0.1, 0.15) is 38.8 Å². The Kier molecular flexibility index (Phi) is 4.24. The Morgan fingerprint density at radius 3 is 2.94 bits per heavy atom. The molecule has 1 heterocycles. The number of aromatic nitrogens is 1. The van der Waals surface area contributed by atoms with Crippen LogP contribution >= 0.6 is 11.6 Å². The molecule has 0 bridgehead atoms. The van der Waals surface area contributed by atoms with Gasteiger partial charge in [-0.25, -0.2) is 4.98 Å². The van der Waals surface area contributed by atoms with Gasteiger partial charge in [0.15, 0.2) is 0 Å². The molecule has 4 heteroatoms. The number of halogens is 1. The zero-order valence-corrected chi connectivity index (χ0v) is 11.1. The molecule has 0 aliphatic heterocycles.